The standard InChI is InChI=1S/C16H22ClNO2/c1-2-18-8-3-6-16(7-9-18)11-14(19)13-10-12(17)4-5-15(13)20-16/h4-5,10,14,19H,2-3,6-9,11H2,1H3/t14-,16?/m1/s1. The van der Waals surface area contributed by atoms with Crippen molar-refractivity contribution in [2.75, 3.05) is 19.6 Å². The van der Waals surface area contributed by atoms with Gasteiger partial charge in [-0.15, -0.1) is 0 Å². The number of benzene rings is 1. The van der Waals surface area contributed by atoms with Crippen molar-refractivity contribution in [3.8, 4) is 5.75 Å². The van der Waals surface area contributed by atoms with Crippen LogP contribution in [0.4, 0.5) is 0 Å². The highest BCUT2D eigenvalue weighted by molar-refractivity contribution is 6.30. The largest absolute Gasteiger partial charge is 0.487 e. The molecule has 3 nitrogen and oxygen atoms in total. The fourth-order valence-corrected chi connectivity index (χ4v) is 3.64. The van der Waals surface area contributed by atoms with Crippen molar-refractivity contribution >= 4 is 11.6 Å². The van der Waals surface area contributed by atoms with Crippen molar-refractivity contribution < 1.29 is 9.84 Å². The van der Waals surface area contributed by atoms with Crippen molar-refractivity contribution in [3.63, 3.8) is 0 Å². The summed E-state index contributed by atoms with van der Waals surface area (Å²) in [6, 6.07) is 5.55. The third-order valence-electron chi connectivity index (χ3n) is 4.66. The fourth-order valence-electron chi connectivity index (χ4n) is 3.46. The molecule has 3 rings (SSSR count). The molecule has 4 heteroatoms. The molecule has 1 N–H and O–H groups in total. The van der Waals surface area contributed by atoms with Crippen LogP contribution in [0.25, 0.3) is 0 Å². The van der Waals surface area contributed by atoms with Crippen LogP contribution in [0.3, 0.4) is 0 Å². The van der Waals surface area contributed by atoms with Gasteiger partial charge in [-0.3, -0.25) is 0 Å². The van der Waals surface area contributed by atoms with Crippen molar-refractivity contribution in [1.82, 2.24) is 4.90 Å². The van der Waals surface area contributed by atoms with E-state index in [9.17, 15) is 5.11 Å². The van der Waals surface area contributed by atoms with E-state index in [-0.39, 0.29) is 5.60 Å². The van der Waals surface area contributed by atoms with Crippen LogP contribution in [0.5, 0.6) is 5.75 Å². The van der Waals surface area contributed by atoms with Gasteiger partial charge in [-0.2, -0.15) is 0 Å². The number of ether oxygens (including phenoxy) is 1. The van der Waals surface area contributed by atoms with Crippen LogP contribution in [0.2, 0.25) is 5.02 Å². The van der Waals surface area contributed by atoms with Gasteiger partial charge in [-0.25, -0.2) is 0 Å². The lowest BCUT2D eigenvalue weighted by Crippen LogP contribution is -2.42. The zero-order chi connectivity index (χ0) is 14.2. The van der Waals surface area contributed by atoms with Crippen LogP contribution in [0.15, 0.2) is 18.2 Å². The fraction of sp³-hybridized carbons (Fsp3) is 0.625. The molecular weight excluding hydrogens is 274 g/mol. The summed E-state index contributed by atoms with van der Waals surface area (Å²) in [5, 5.41) is 11.1. The summed E-state index contributed by atoms with van der Waals surface area (Å²) >= 11 is 6.01. The zero-order valence-electron chi connectivity index (χ0n) is 11.9. The van der Waals surface area contributed by atoms with Crippen LogP contribution >= 0.6 is 11.6 Å². The number of aliphatic hydroxyl groups excluding tert-OH is 1. The van der Waals surface area contributed by atoms with E-state index in [4.69, 9.17) is 16.3 Å². The number of hydrogen-bond donors (Lipinski definition) is 1. The molecule has 1 fully saturated rings. The van der Waals surface area contributed by atoms with Gasteiger partial charge in [0.25, 0.3) is 0 Å². The monoisotopic (exact) mass is 295 g/mol. The molecule has 0 amide bonds. The van der Waals surface area contributed by atoms with Crippen LogP contribution in [0, 0.1) is 0 Å². The number of halogens is 1. The van der Waals surface area contributed by atoms with Crippen molar-refractivity contribution in [2.45, 2.75) is 44.3 Å². The van der Waals surface area contributed by atoms with Gasteiger partial charge in [0.2, 0.25) is 0 Å². The Labute approximate surface area is 125 Å². The molecule has 0 saturated carbocycles. The maximum absolute atomic E-state index is 10.5. The van der Waals surface area contributed by atoms with Crippen molar-refractivity contribution in [2.24, 2.45) is 0 Å². The second-order valence-electron chi connectivity index (χ2n) is 5.97. The number of hydrogen-bond acceptors (Lipinski definition) is 3. The molecule has 0 bridgehead atoms. The Bertz CT molecular complexity index is 493. The normalized spacial score (nSPS) is 30.6. The first kappa shape index (κ1) is 14.2. The maximum atomic E-state index is 10.5. The number of aliphatic hydroxyl groups is 1. The summed E-state index contributed by atoms with van der Waals surface area (Å²) in [6.07, 6.45) is 3.34. The molecule has 1 aromatic rings. The molecule has 2 aliphatic heterocycles. The smallest absolute Gasteiger partial charge is 0.126 e. The lowest BCUT2D eigenvalue weighted by Gasteiger charge is -2.40. The summed E-state index contributed by atoms with van der Waals surface area (Å²) in [6.45, 7) is 5.47. The molecule has 2 atom stereocenters. The van der Waals surface area contributed by atoms with Crippen LogP contribution < -0.4 is 4.74 Å². The van der Waals surface area contributed by atoms with Gasteiger partial charge in [0.1, 0.15) is 11.4 Å². The molecule has 1 unspecified atom stereocenters. The highest BCUT2D eigenvalue weighted by Gasteiger charge is 2.41. The third kappa shape index (κ3) is 2.67. The minimum atomic E-state index is -0.467. The van der Waals surface area contributed by atoms with Gasteiger partial charge in [0.05, 0.1) is 6.10 Å². The van der Waals surface area contributed by atoms with Crippen LogP contribution in [-0.4, -0.2) is 35.2 Å². The number of fused-ring (bicyclic) bond motifs is 1. The Morgan fingerprint density at radius 3 is 3.05 bits per heavy atom. The highest BCUT2D eigenvalue weighted by Crippen LogP contribution is 2.44. The molecule has 1 aromatic carbocycles. The molecule has 2 heterocycles. The Morgan fingerprint density at radius 1 is 1.40 bits per heavy atom. The molecule has 1 saturated heterocycles. The average Bonchev–Trinajstić information content (AvgIpc) is 2.62. The molecule has 2 aliphatic rings. The molecule has 20 heavy (non-hydrogen) atoms. The van der Waals surface area contributed by atoms with Gasteiger partial charge in [-0.1, -0.05) is 18.5 Å². The number of rotatable bonds is 1. The summed E-state index contributed by atoms with van der Waals surface area (Å²) in [4.78, 5) is 2.46. The first-order valence-corrected chi connectivity index (χ1v) is 7.88. The topological polar surface area (TPSA) is 32.7 Å². The summed E-state index contributed by atoms with van der Waals surface area (Å²) < 4.78 is 6.31. The maximum Gasteiger partial charge on any atom is 0.126 e. The number of likely N-dealkylation sites (tertiary alicyclic amines) is 1. The van der Waals surface area contributed by atoms with Gasteiger partial charge >= 0.3 is 0 Å². The van der Waals surface area contributed by atoms with Gasteiger partial charge in [-0.05, 0) is 50.6 Å². The first-order chi connectivity index (χ1) is 9.62. The Kier molecular flexibility index (Phi) is 3.93. The molecule has 110 valence electrons. The van der Waals surface area contributed by atoms with Crippen LogP contribution in [0.1, 0.15) is 44.3 Å². The predicted molar refractivity (Wildman–Crippen MR) is 80.4 cm³/mol. The number of nitrogens with zero attached hydrogens (tertiary/aromatic N) is 1. The highest BCUT2D eigenvalue weighted by atomic mass is 35.5. The summed E-state index contributed by atoms with van der Waals surface area (Å²) in [5.74, 6) is 0.804. The van der Waals surface area contributed by atoms with E-state index in [0.717, 1.165) is 50.2 Å². The Morgan fingerprint density at radius 2 is 2.25 bits per heavy atom. The second kappa shape index (κ2) is 5.55. The van der Waals surface area contributed by atoms with E-state index in [1.54, 1.807) is 0 Å². The zero-order valence-corrected chi connectivity index (χ0v) is 12.7. The minimum Gasteiger partial charge on any atom is -0.487 e. The van der Waals surface area contributed by atoms with E-state index in [1.165, 1.54) is 0 Å². The first-order valence-electron chi connectivity index (χ1n) is 7.51. The average molecular weight is 296 g/mol. The second-order valence-corrected chi connectivity index (χ2v) is 6.41. The van der Waals surface area contributed by atoms with Crippen molar-refractivity contribution in [1.29, 1.82) is 0 Å². The van der Waals surface area contributed by atoms with Gasteiger partial charge in [0, 0.05) is 23.6 Å². The minimum absolute atomic E-state index is 0.204. The lowest BCUT2D eigenvalue weighted by molar-refractivity contribution is -0.0238. The lowest BCUT2D eigenvalue weighted by atomic mass is 9.83. The van der Waals surface area contributed by atoms with Crippen LogP contribution in [-0.2, 0) is 0 Å². The van der Waals surface area contributed by atoms with E-state index in [1.807, 2.05) is 18.2 Å². The van der Waals surface area contributed by atoms with E-state index < -0.39 is 6.10 Å². The SMILES string of the molecule is CCN1CCCC2(CC1)C[C@@H](O)c1cc(Cl)ccc1O2. The molecule has 0 aromatic heterocycles. The summed E-state index contributed by atoms with van der Waals surface area (Å²) in [5.41, 5.74) is 0.629. The van der Waals surface area contributed by atoms with Gasteiger partial charge in [0.15, 0.2) is 0 Å². The molecule has 0 aliphatic carbocycles. The molecule has 1 spiro atoms. The van der Waals surface area contributed by atoms with E-state index in [2.05, 4.69) is 11.8 Å². The van der Waals surface area contributed by atoms with E-state index in [0.29, 0.717) is 11.4 Å². The third-order valence-corrected chi connectivity index (χ3v) is 4.90. The van der Waals surface area contributed by atoms with E-state index >= 15 is 0 Å². The molecular formula is C16H22ClNO2. The summed E-state index contributed by atoms with van der Waals surface area (Å²) in [7, 11) is 0. The van der Waals surface area contributed by atoms with Gasteiger partial charge < -0.3 is 14.7 Å². The quantitative estimate of drug-likeness (QED) is 0.862. The predicted octanol–water partition coefficient (Wildman–Crippen LogP) is 3.40. The van der Waals surface area contributed by atoms with Crippen molar-refractivity contribution in [3.05, 3.63) is 28.8 Å². The Hall–Kier alpha value is -0.770. The molecule has 0 radical (unpaired) electrons. The Balaban J connectivity index is 1.85.